The maximum Gasteiger partial charge on any atom is 0.340 e. The molecule has 0 aromatic heterocycles. The molecule has 1 amide bonds. The topological polar surface area (TPSA) is 127 Å². The first-order chi connectivity index (χ1) is 22.6. The Balaban J connectivity index is 1.19. The van der Waals surface area contributed by atoms with Crippen molar-refractivity contribution in [2.75, 3.05) is 39.7 Å². The fourth-order valence-electron chi connectivity index (χ4n) is 13.0. The molecule has 8 rings (SSSR count). The fourth-order valence-corrected chi connectivity index (χ4v) is 13.0. The van der Waals surface area contributed by atoms with E-state index in [9.17, 15) is 19.8 Å². The quantitative estimate of drug-likeness (QED) is 0.360. The van der Waals surface area contributed by atoms with Gasteiger partial charge in [0.2, 0.25) is 5.91 Å². The largest absolute Gasteiger partial charge is 0.454 e. The second kappa shape index (κ2) is 11.2. The molecule has 47 heavy (non-hydrogen) atoms. The lowest BCUT2D eigenvalue weighted by atomic mass is 9.44. The molecule has 1 heterocycles. The third kappa shape index (κ3) is 4.00. The van der Waals surface area contributed by atoms with E-state index < -0.39 is 34.3 Å². The zero-order valence-electron chi connectivity index (χ0n) is 28.3. The highest BCUT2D eigenvalue weighted by atomic mass is 16.6. The van der Waals surface area contributed by atoms with Crippen molar-refractivity contribution >= 4 is 17.6 Å². The molecule has 1 spiro atoms. The van der Waals surface area contributed by atoms with Gasteiger partial charge >= 0.3 is 5.97 Å². The van der Waals surface area contributed by atoms with E-state index in [4.69, 9.17) is 18.9 Å². The maximum atomic E-state index is 14.4. The molecule has 6 saturated carbocycles. The fraction of sp³-hybridized carbons (Fsp3) is 0.784. The number of hydrogen-bond acceptors (Lipinski definition) is 9. The summed E-state index contributed by atoms with van der Waals surface area (Å²) in [6, 6.07) is 7.14. The smallest absolute Gasteiger partial charge is 0.340 e. The van der Waals surface area contributed by atoms with E-state index >= 15 is 0 Å². The van der Waals surface area contributed by atoms with Crippen molar-refractivity contribution in [3.63, 3.8) is 0 Å². The Morgan fingerprint density at radius 2 is 1.74 bits per heavy atom. The number of carbonyl (C=O) groups is 2. The van der Waals surface area contributed by atoms with Gasteiger partial charge in [0.25, 0.3) is 0 Å². The molecule has 1 aliphatic heterocycles. The van der Waals surface area contributed by atoms with Crippen LogP contribution in [0.5, 0.6) is 0 Å². The summed E-state index contributed by atoms with van der Waals surface area (Å²) in [5.74, 6) is -1.31. The molecular formula is C37H52N2O8. The van der Waals surface area contributed by atoms with Crippen molar-refractivity contribution in [3.8, 4) is 0 Å². The van der Waals surface area contributed by atoms with Crippen molar-refractivity contribution in [3.05, 3.63) is 29.8 Å². The van der Waals surface area contributed by atoms with Crippen LogP contribution in [0, 0.1) is 35.0 Å². The Hall–Kier alpha value is -2.08. The number of fused-ring (bicyclic) bond motifs is 2. The molecule has 7 aliphatic rings. The Kier molecular flexibility index (Phi) is 7.67. The van der Waals surface area contributed by atoms with Crippen molar-refractivity contribution in [2.24, 2.45) is 35.0 Å². The van der Waals surface area contributed by atoms with Gasteiger partial charge in [-0.2, -0.15) is 0 Å². The number of aliphatic hydroxyl groups is 2. The number of likely N-dealkylation sites (tertiary alicyclic amines) is 1. The Labute approximate surface area is 277 Å². The van der Waals surface area contributed by atoms with Gasteiger partial charge in [-0.3, -0.25) is 9.69 Å². The third-order valence-electron chi connectivity index (χ3n) is 14.6. The van der Waals surface area contributed by atoms with Crippen LogP contribution in [0.3, 0.4) is 0 Å². The summed E-state index contributed by atoms with van der Waals surface area (Å²) in [7, 11) is 5.09. The van der Waals surface area contributed by atoms with E-state index in [-0.39, 0.29) is 53.7 Å². The van der Waals surface area contributed by atoms with Gasteiger partial charge in [-0.1, -0.05) is 38.3 Å². The van der Waals surface area contributed by atoms with Crippen molar-refractivity contribution < 1.29 is 38.7 Å². The van der Waals surface area contributed by atoms with Crippen LogP contribution in [-0.4, -0.2) is 103 Å². The first-order valence-corrected chi connectivity index (χ1v) is 18.0. The van der Waals surface area contributed by atoms with Gasteiger partial charge in [-0.25, -0.2) is 4.79 Å². The second-order valence-corrected chi connectivity index (χ2v) is 15.8. The van der Waals surface area contributed by atoms with Crippen LogP contribution in [0.4, 0.5) is 5.69 Å². The number of esters is 1. The van der Waals surface area contributed by atoms with Crippen LogP contribution in [0.1, 0.15) is 81.5 Å². The zero-order valence-corrected chi connectivity index (χ0v) is 28.3. The number of hydrogen-bond donors (Lipinski definition) is 3. The van der Waals surface area contributed by atoms with E-state index in [0.29, 0.717) is 56.4 Å². The number of piperidine rings is 1. The number of carbonyl (C=O) groups excluding carboxylic acids is 2. The standard InChI is InChI=1S/C37H52N2O8/c1-5-39-20-34(47-33(41)22-13-9-10-14-25(22)38-32(40)21-11-7-6-8-12-21)16-15-29(45-3)36-27(34)18-24(30(36)39)35(42)19-26(44-2)23-17-28(36)37(35,43)31(23)46-4/h9-10,13-14,21,23-24,26-31,42-43H,5-8,11-12,15-20H2,1-4H3,(H,38,40)/t23-,24+,26+,27-,28+,29+,30?,31+,34-,35+,36+,37+/m1/s1. The highest BCUT2D eigenvalue weighted by molar-refractivity contribution is 6.02. The summed E-state index contributed by atoms with van der Waals surface area (Å²) >= 11 is 0. The molecule has 1 unspecified atom stereocenters. The number of amides is 1. The Bertz CT molecular complexity index is 1420. The minimum absolute atomic E-state index is 0.0317. The summed E-state index contributed by atoms with van der Waals surface area (Å²) in [5.41, 5.74) is -3.47. The highest BCUT2D eigenvalue weighted by Gasteiger charge is 2.89. The lowest BCUT2D eigenvalue weighted by Crippen LogP contribution is -2.83. The zero-order chi connectivity index (χ0) is 32.9. The van der Waals surface area contributed by atoms with E-state index in [0.717, 1.165) is 32.1 Å². The van der Waals surface area contributed by atoms with E-state index in [1.165, 1.54) is 0 Å². The number of ether oxygens (including phenoxy) is 4. The predicted molar refractivity (Wildman–Crippen MR) is 173 cm³/mol. The Morgan fingerprint density at radius 1 is 0.979 bits per heavy atom. The summed E-state index contributed by atoms with van der Waals surface area (Å²) in [4.78, 5) is 30.1. The van der Waals surface area contributed by atoms with Crippen molar-refractivity contribution in [2.45, 2.75) is 112 Å². The predicted octanol–water partition coefficient (Wildman–Crippen LogP) is 3.78. The molecule has 3 N–H and O–H groups in total. The second-order valence-electron chi connectivity index (χ2n) is 15.8. The maximum absolute atomic E-state index is 14.4. The summed E-state index contributed by atoms with van der Waals surface area (Å²) in [6.07, 6.45) is 6.94. The average molecular weight is 653 g/mol. The number of nitrogens with one attached hydrogen (secondary N) is 1. The monoisotopic (exact) mass is 652 g/mol. The third-order valence-corrected chi connectivity index (χ3v) is 14.6. The number of methoxy groups -OCH3 is 3. The van der Waals surface area contributed by atoms with Gasteiger partial charge in [-0.05, 0) is 57.2 Å². The molecule has 0 radical (unpaired) electrons. The summed E-state index contributed by atoms with van der Waals surface area (Å²) in [6.45, 7) is 3.40. The van der Waals surface area contributed by atoms with E-state index in [2.05, 4.69) is 17.1 Å². The first-order valence-electron chi connectivity index (χ1n) is 18.0. The minimum Gasteiger partial charge on any atom is -0.454 e. The van der Waals surface area contributed by atoms with E-state index in [1.54, 1.807) is 33.5 Å². The number of nitrogens with zero attached hydrogens (tertiary/aromatic N) is 1. The van der Waals surface area contributed by atoms with Crippen LogP contribution < -0.4 is 5.32 Å². The molecule has 7 bridgehead atoms. The number of benzene rings is 1. The minimum atomic E-state index is -1.48. The number of likely N-dealkylation sites (N-methyl/N-ethyl adjacent to an activating group) is 1. The van der Waals surface area contributed by atoms with Crippen molar-refractivity contribution in [1.29, 1.82) is 0 Å². The molecule has 12 atom stereocenters. The van der Waals surface area contributed by atoms with Crippen LogP contribution in [0.25, 0.3) is 0 Å². The molecule has 7 fully saturated rings. The van der Waals surface area contributed by atoms with Gasteiger partial charge in [0.05, 0.1) is 29.6 Å². The SMILES string of the molecule is CCN1C[C@]2(OC(=O)c3ccccc3NC(=O)C3CCCCC3)CC[C@H](OC)[C@]34C1[C@H](C[C@H]23)[C@@]1(O)C[C@H](OC)[C@H]2C[C@@H]4[C@]1(O)[C@H]2OC. The van der Waals surface area contributed by atoms with Crippen LogP contribution >= 0.6 is 0 Å². The van der Waals surface area contributed by atoms with Gasteiger partial charge in [-0.15, -0.1) is 0 Å². The molecule has 1 aromatic carbocycles. The Morgan fingerprint density at radius 3 is 2.45 bits per heavy atom. The van der Waals surface area contributed by atoms with Crippen molar-refractivity contribution in [1.82, 2.24) is 4.90 Å². The van der Waals surface area contributed by atoms with Gasteiger partial charge < -0.3 is 34.5 Å². The van der Waals surface area contributed by atoms with Crippen LogP contribution in [0.15, 0.2) is 24.3 Å². The van der Waals surface area contributed by atoms with Crippen LogP contribution in [-0.2, 0) is 23.7 Å². The number of anilines is 1. The van der Waals surface area contributed by atoms with Gasteiger partial charge in [0, 0.05) is 75.3 Å². The molecule has 10 nitrogen and oxygen atoms in total. The normalized spacial score (nSPS) is 46.7. The lowest BCUT2D eigenvalue weighted by molar-refractivity contribution is -0.337. The summed E-state index contributed by atoms with van der Waals surface area (Å²) < 4.78 is 25.3. The van der Waals surface area contributed by atoms with Crippen LogP contribution in [0.2, 0.25) is 0 Å². The molecule has 6 aliphatic carbocycles. The average Bonchev–Trinajstić information content (AvgIpc) is 3.51. The molecule has 1 saturated heterocycles. The van der Waals surface area contributed by atoms with Gasteiger partial charge in [0.1, 0.15) is 16.8 Å². The number of para-hydroxylation sites is 1. The highest BCUT2D eigenvalue weighted by Crippen LogP contribution is 2.79. The number of rotatable bonds is 8. The first kappa shape index (κ1) is 32.1. The molecular weight excluding hydrogens is 600 g/mol. The van der Waals surface area contributed by atoms with E-state index in [1.807, 2.05) is 12.1 Å². The lowest BCUT2D eigenvalue weighted by Gasteiger charge is -2.70. The molecule has 1 aromatic rings. The van der Waals surface area contributed by atoms with Gasteiger partial charge in [0.15, 0.2) is 0 Å². The molecule has 10 heteroatoms. The molecule has 258 valence electrons. The summed E-state index contributed by atoms with van der Waals surface area (Å²) in [5, 5.41) is 29.0.